The average molecular weight is 217 g/mol. The van der Waals surface area contributed by atoms with E-state index in [1.54, 1.807) is 12.1 Å². The van der Waals surface area contributed by atoms with Crippen LogP contribution < -0.4 is 0 Å². The van der Waals surface area contributed by atoms with E-state index in [2.05, 4.69) is 4.98 Å². The molecule has 0 fully saturated rings. The van der Waals surface area contributed by atoms with Gasteiger partial charge in [-0.05, 0) is 24.3 Å². The lowest BCUT2D eigenvalue weighted by atomic mass is 10.1. The van der Waals surface area contributed by atoms with Gasteiger partial charge in [0.15, 0.2) is 11.6 Å². The van der Waals surface area contributed by atoms with E-state index in [0.29, 0.717) is 0 Å². The molecule has 1 heterocycles. The van der Waals surface area contributed by atoms with E-state index in [1.807, 2.05) is 0 Å². The molecule has 2 aromatic rings. The quantitative estimate of drug-likeness (QED) is 0.784. The summed E-state index contributed by atoms with van der Waals surface area (Å²) < 4.78 is 13.0. The minimum Gasteiger partial charge on any atom is -0.504 e. The molecule has 0 unspecified atom stereocenters. The molecule has 1 N–H and O–H groups in total. The normalized spacial score (nSPS) is 10.1. The van der Waals surface area contributed by atoms with Crippen LogP contribution in [-0.2, 0) is 0 Å². The fourth-order valence-corrected chi connectivity index (χ4v) is 1.33. The van der Waals surface area contributed by atoms with Gasteiger partial charge in [0.2, 0.25) is 5.78 Å². The van der Waals surface area contributed by atoms with E-state index >= 15 is 0 Å². The van der Waals surface area contributed by atoms with Crippen molar-refractivity contribution in [2.45, 2.75) is 0 Å². The topological polar surface area (TPSA) is 50.2 Å². The molecule has 2 rings (SSSR count). The van der Waals surface area contributed by atoms with Gasteiger partial charge in [0.05, 0.1) is 5.56 Å². The number of hydrogen-bond acceptors (Lipinski definition) is 3. The molecule has 0 spiro atoms. The summed E-state index contributed by atoms with van der Waals surface area (Å²) in [5.74, 6) is -1.96. The third-order valence-electron chi connectivity index (χ3n) is 2.13. The molecule has 0 amide bonds. The SMILES string of the molecule is O=C(c1ccccn1)c1cccc(F)c1O. The second-order valence-electron chi connectivity index (χ2n) is 3.18. The predicted octanol–water partition coefficient (Wildman–Crippen LogP) is 2.16. The first-order valence-corrected chi connectivity index (χ1v) is 4.63. The highest BCUT2D eigenvalue weighted by Gasteiger charge is 2.16. The van der Waals surface area contributed by atoms with Gasteiger partial charge >= 0.3 is 0 Å². The number of phenols is 1. The Labute approximate surface area is 91.2 Å². The van der Waals surface area contributed by atoms with E-state index in [1.165, 1.54) is 24.4 Å². The van der Waals surface area contributed by atoms with Gasteiger partial charge in [-0.25, -0.2) is 4.39 Å². The van der Waals surface area contributed by atoms with Gasteiger partial charge in [-0.2, -0.15) is 0 Å². The highest BCUT2D eigenvalue weighted by molar-refractivity contribution is 6.09. The summed E-state index contributed by atoms with van der Waals surface area (Å²) in [6.45, 7) is 0. The number of ketones is 1. The van der Waals surface area contributed by atoms with Crippen molar-refractivity contribution in [3.8, 4) is 5.75 Å². The number of hydrogen-bond donors (Lipinski definition) is 1. The van der Waals surface area contributed by atoms with Crippen molar-refractivity contribution >= 4 is 5.78 Å². The Bertz CT molecular complexity index is 526. The average Bonchev–Trinajstić information content (AvgIpc) is 2.33. The first-order chi connectivity index (χ1) is 7.70. The summed E-state index contributed by atoms with van der Waals surface area (Å²) in [5.41, 5.74) is 0.0853. The maximum Gasteiger partial charge on any atom is 0.215 e. The Balaban J connectivity index is 2.46. The smallest absolute Gasteiger partial charge is 0.215 e. The molecule has 1 aromatic carbocycles. The van der Waals surface area contributed by atoms with E-state index in [0.717, 1.165) is 6.07 Å². The van der Waals surface area contributed by atoms with Crippen LogP contribution in [0.3, 0.4) is 0 Å². The number of para-hydroxylation sites is 1. The zero-order valence-corrected chi connectivity index (χ0v) is 8.22. The van der Waals surface area contributed by atoms with Gasteiger partial charge in [0, 0.05) is 6.20 Å². The van der Waals surface area contributed by atoms with Crippen molar-refractivity contribution < 1.29 is 14.3 Å². The zero-order chi connectivity index (χ0) is 11.5. The number of phenolic OH excluding ortho intramolecular Hbond substituents is 1. The summed E-state index contributed by atoms with van der Waals surface area (Å²) in [7, 11) is 0. The Morgan fingerprint density at radius 3 is 2.69 bits per heavy atom. The molecule has 0 saturated carbocycles. The third kappa shape index (κ3) is 1.77. The maximum absolute atomic E-state index is 13.0. The fourth-order valence-electron chi connectivity index (χ4n) is 1.33. The third-order valence-corrected chi connectivity index (χ3v) is 2.13. The monoisotopic (exact) mass is 217 g/mol. The van der Waals surface area contributed by atoms with Gasteiger partial charge in [-0.3, -0.25) is 9.78 Å². The fraction of sp³-hybridized carbons (Fsp3) is 0. The van der Waals surface area contributed by atoms with Gasteiger partial charge in [0.25, 0.3) is 0 Å². The van der Waals surface area contributed by atoms with Crippen molar-refractivity contribution in [3.63, 3.8) is 0 Å². The number of halogens is 1. The lowest BCUT2D eigenvalue weighted by Gasteiger charge is -2.03. The minimum absolute atomic E-state index is 0.0845. The number of carbonyl (C=O) groups is 1. The number of aromatic nitrogens is 1. The number of carbonyl (C=O) groups excluding carboxylic acids is 1. The van der Waals surface area contributed by atoms with Crippen LogP contribution in [0.4, 0.5) is 4.39 Å². The molecule has 80 valence electrons. The molecular weight excluding hydrogens is 209 g/mol. The lowest BCUT2D eigenvalue weighted by molar-refractivity contribution is 0.103. The van der Waals surface area contributed by atoms with Crippen molar-refractivity contribution in [1.29, 1.82) is 0 Å². The van der Waals surface area contributed by atoms with E-state index in [-0.39, 0.29) is 11.3 Å². The molecule has 3 nitrogen and oxygen atoms in total. The van der Waals surface area contributed by atoms with Gasteiger partial charge in [-0.1, -0.05) is 12.1 Å². The van der Waals surface area contributed by atoms with Crippen LogP contribution in [0.1, 0.15) is 16.1 Å². The Hall–Kier alpha value is -2.23. The molecule has 0 radical (unpaired) electrons. The highest BCUT2D eigenvalue weighted by atomic mass is 19.1. The van der Waals surface area contributed by atoms with Crippen LogP contribution in [0.5, 0.6) is 5.75 Å². The minimum atomic E-state index is -0.818. The highest BCUT2D eigenvalue weighted by Crippen LogP contribution is 2.22. The first-order valence-electron chi connectivity index (χ1n) is 4.63. The van der Waals surface area contributed by atoms with Crippen LogP contribution in [0, 0.1) is 5.82 Å². The van der Waals surface area contributed by atoms with E-state index in [4.69, 9.17) is 0 Å². The molecular formula is C12H8FNO2. The summed E-state index contributed by atoms with van der Waals surface area (Å²) in [6.07, 6.45) is 1.46. The Morgan fingerprint density at radius 2 is 2.00 bits per heavy atom. The molecule has 0 aliphatic rings. The van der Waals surface area contributed by atoms with Gasteiger partial charge < -0.3 is 5.11 Å². The number of aromatic hydroxyl groups is 1. The van der Waals surface area contributed by atoms with Crippen molar-refractivity contribution in [3.05, 3.63) is 59.7 Å². The summed E-state index contributed by atoms with van der Waals surface area (Å²) >= 11 is 0. The Kier molecular flexibility index (Phi) is 2.64. The molecule has 4 heteroatoms. The van der Waals surface area contributed by atoms with Crippen molar-refractivity contribution in [2.75, 3.05) is 0 Å². The lowest BCUT2D eigenvalue weighted by Crippen LogP contribution is -2.04. The maximum atomic E-state index is 13.0. The zero-order valence-electron chi connectivity index (χ0n) is 8.22. The van der Waals surface area contributed by atoms with E-state index < -0.39 is 17.3 Å². The van der Waals surface area contributed by atoms with Crippen LogP contribution in [0.25, 0.3) is 0 Å². The van der Waals surface area contributed by atoms with Crippen molar-refractivity contribution in [1.82, 2.24) is 4.98 Å². The van der Waals surface area contributed by atoms with Gasteiger partial charge in [-0.15, -0.1) is 0 Å². The summed E-state index contributed by atoms with van der Waals surface area (Å²) in [6, 6.07) is 8.64. The number of rotatable bonds is 2. The molecule has 0 aliphatic carbocycles. The number of benzene rings is 1. The second-order valence-corrected chi connectivity index (χ2v) is 3.18. The van der Waals surface area contributed by atoms with Crippen molar-refractivity contribution in [2.24, 2.45) is 0 Å². The Morgan fingerprint density at radius 1 is 1.19 bits per heavy atom. The first kappa shape index (κ1) is 10.3. The van der Waals surface area contributed by atoms with Crippen LogP contribution in [-0.4, -0.2) is 15.9 Å². The summed E-state index contributed by atoms with van der Waals surface area (Å²) in [4.78, 5) is 15.7. The number of nitrogens with zero attached hydrogens (tertiary/aromatic N) is 1. The second kappa shape index (κ2) is 4.10. The van der Waals surface area contributed by atoms with Crippen LogP contribution in [0.15, 0.2) is 42.6 Å². The molecule has 16 heavy (non-hydrogen) atoms. The molecule has 0 aliphatic heterocycles. The molecule has 1 aromatic heterocycles. The largest absolute Gasteiger partial charge is 0.504 e. The molecule has 0 atom stereocenters. The summed E-state index contributed by atoms with van der Waals surface area (Å²) in [5, 5.41) is 9.41. The van der Waals surface area contributed by atoms with E-state index in [9.17, 15) is 14.3 Å². The number of pyridine rings is 1. The van der Waals surface area contributed by atoms with Crippen LogP contribution in [0.2, 0.25) is 0 Å². The van der Waals surface area contributed by atoms with Gasteiger partial charge in [0.1, 0.15) is 5.69 Å². The predicted molar refractivity (Wildman–Crippen MR) is 55.7 cm³/mol. The standard InChI is InChI=1S/C12H8FNO2/c13-9-5-3-4-8(11(9)15)12(16)10-6-1-2-7-14-10/h1-7,15H. The van der Waals surface area contributed by atoms with Crippen LogP contribution >= 0.6 is 0 Å². The molecule has 0 saturated heterocycles. The molecule has 0 bridgehead atoms.